The van der Waals surface area contributed by atoms with Crippen LogP contribution in [0.5, 0.6) is 0 Å². The van der Waals surface area contributed by atoms with E-state index in [0.29, 0.717) is 17.4 Å². The lowest BCUT2D eigenvalue weighted by Gasteiger charge is -2.17. The normalized spacial score (nSPS) is 17.5. The van der Waals surface area contributed by atoms with Crippen molar-refractivity contribution >= 4 is 11.8 Å². The van der Waals surface area contributed by atoms with Crippen molar-refractivity contribution in [2.45, 2.75) is 32.6 Å². The van der Waals surface area contributed by atoms with Crippen LogP contribution in [0.1, 0.15) is 47.8 Å². The van der Waals surface area contributed by atoms with Crippen molar-refractivity contribution in [2.75, 3.05) is 18.0 Å². The molecule has 24 heavy (non-hydrogen) atoms. The largest absolute Gasteiger partial charge is 0.478 e. The molecule has 5 heteroatoms. The standard InChI is InChI=1S/C19H23N3O2/c1-13(2)17-6-7-18(21-20-17)22-9-8-15(12-22)10-14-4-3-5-16(11-14)19(23)24/h3-7,11,13,15H,8-10,12H2,1-2H3,(H,23,24). The van der Waals surface area contributed by atoms with Crippen molar-refractivity contribution in [3.63, 3.8) is 0 Å². The van der Waals surface area contributed by atoms with Crippen LogP contribution < -0.4 is 4.90 Å². The zero-order valence-electron chi connectivity index (χ0n) is 14.1. The number of benzene rings is 1. The van der Waals surface area contributed by atoms with Crippen molar-refractivity contribution in [3.8, 4) is 0 Å². The molecule has 0 saturated carbocycles. The zero-order valence-corrected chi connectivity index (χ0v) is 14.1. The molecule has 2 aromatic rings. The summed E-state index contributed by atoms with van der Waals surface area (Å²) in [5, 5.41) is 17.8. The summed E-state index contributed by atoms with van der Waals surface area (Å²) in [6.07, 6.45) is 1.99. The summed E-state index contributed by atoms with van der Waals surface area (Å²) in [4.78, 5) is 13.3. The quantitative estimate of drug-likeness (QED) is 0.913. The summed E-state index contributed by atoms with van der Waals surface area (Å²) in [6.45, 7) is 6.13. The number of hydrogen-bond acceptors (Lipinski definition) is 4. The van der Waals surface area contributed by atoms with Gasteiger partial charge >= 0.3 is 5.97 Å². The number of carbonyl (C=O) groups is 1. The molecule has 1 atom stereocenters. The third-order valence-corrected chi connectivity index (χ3v) is 4.57. The summed E-state index contributed by atoms with van der Waals surface area (Å²) in [5.74, 6) is 0.964. The number of carboxylic acids is 1. The maximum absolute atomic E-state index is 11.1. The number of anilines is 1. The molecule has 1 unspecified atom stereocenters. The summed E-state index contributed by atoms with van der Waals surface area (Å²) in [7, 11) is 0. The fraction of sp³-hybridized carbons (Fsp3) is 0.421. The fourth-order valence-corrected chi connectivity index (χ4v) is 3.18. The minimum absolute atomic E-state index is 0.359. The van der Waals surface area contributed by atoms with Gasteiger partial charge in [0.05, 0.1) is 11.3 Å². The van der Waals surface area contributed by atoms with Gasteiger partial charge in [0.15, 0.2) is 5.82 Å². The van der Waals surface area contributed by atoms with Gasteiger partial charge in [-0.1, -0.05) is 26.0 Å². The Hall–Kier alpha value is -2.43. The number of rotatable bonds is 5. The topological polar surface area (TPSA) is 66.3 Å². The molecule has 0 bridgehead atoms. The molecule has 2 heterocycles. The molecule has 1 aromatic heterocycles. The Balaban J connectivity index is 1.63. The molecule has 126 valence electrons. The van der Waals surface area contributed by atoms with Gasteiger partial charge in [-0.05, 0) is 54.5 Å². The van der Waals surface area contributed by atoms with Gasteiger partial charge in [-0.3, -0.25) is 0 Å². The average Bonchev–Trinajstić information content (AvgIpc) is 3.03. The van der Waals surface area contributed by atoms with Gasteiger partial charge in [0.1, 0.15) is 0 Å². The Morgan fingerprint density at radius 2 is 2.12 bits per heavy atom. The van der Waals surface area contributed by atoms with Gasteiger partial charge in [0.25, 0.3) is 0 Å². The fourth-order valence-electron chi connectivity index (χ4n) is 3.18. The SMILES string of the molecule is CC(C)c1ccc(N2CCC(Cc3cccc(C(=O)O)c3)C2)nn1. The highest BCUT2D eigenvalue weighted by atomic mass is 16.4. The van der Waals surface area contributed by atoms with Crippen LogP contribution in [0.25, 0.3) is 0 Å². The Kier molecular flexibility index (Phi) is 4.79. The Morgan fingerprint density at radius 1 is 1.29 bits per heavy atom. The van der Waals surface area contributed by atoms with E-state index in [4.69, 9.17) is 5.11 Å². The predicted molar refractivity (Wildman–Crippen MR) is 93.5 cm³/mol. The second kappa shape index (κ2) is 6.99. The van der Waals surface area contributed by atoms with Crippen molar-refractivity contribution in [3.05, 3.63) is 53.2 Å². The smallest absolute Gasteiger partial charge is 0.335 e. The summed E-state index contributed by atoms with van der Waals surface area (Å²) >= 11 is 0. The van der Waals surface area contributed by atoms with Crippen LogP contribution in [0.3, 0.4) is 0 Å². The molecule has 3 rings (SSSR count). The highest BCUT2D eigenvalue weighted by Gasteiger charge is 2.24. The molecular formula is C19H23N3O2. The van der Waals surface area contributed by atoms with Crippen LogP contribution in [0.2, 0.25) is 0 Å². The van der Waals surface area contributed by atoms with E-state index in [1.54, 1.807) is 12.1 Å². The van der Waals surface area contributed by atoms with E-state index in [9.17, 15) is 4.79 Å². The second-order valence-corrected chi connectivity index (χ2v) is 6.78. The first-order valence-corrected chi connectivity index (χ1v) is 8.43. The van der Waals surface area contributed by atoms with E-state index in [0.717, 1.165) is 43.0 Å². The molecule has 1 aliphatic rings. The number of carboxylic acid groups (broad SMARTS) is 1. The van der Waals surface area contributed by atoms with Crippen molar-refractivity contribution in [2.24, 2.45) is 5.92 Å². The van der Waals surface area contributed by atoms with Crippen LogP contribution in [0.4, 0.5) is 5.82 Å². The third-order valence-electron chi connectivity index (χ3n) is 4.57. The first kappa shape index (κ1) is 16.4. The molecule has 1 fully saturated rings. The second-order valence-electron chi connectivity index (χ2n) is 6.78. The van der Waals surface area contributed by atoms with E-state index in [2.05, 4.69) is 41.1 Å². The van der Waals surface area contributed by atoms with Crippen molar-refractivity contribution in [1.82, 2.24) is 10.2 Å². The maximum atomic E-state index is 11.1. The molecule has 1 aromatic carbocycles. The van der Waals surface area contributed by atoms with Gasteiger partial charge < -0.3 is 10.0 Å². The minimum Gasteiger partial charge on any atom is -0.478 e. The minimum atomic E-state index is -0.870. The molecule has 1 saturated heterocycles. The first-order chi connectivity index (χ1) is 11.5. The predicted octanol–water partition coefficient (Wildman–Crippen LogP) is 3.37. The Morgan fingerprint density at radius 3 is 2.79 bits per heavy atom. The monoisotopic (exact) mass is 325 g/mol. The number of aromatic nitrogens is 2. The van der Waals surface area contributed by atoms with Crippen LogP contribution >= 0.6 is 0 Å². The van der Waals surface area contributed by atoms with E-state index in [1.165, 1.54) is 0 Å². The summed E-state index contributed by atoms with van der Waals surface area (Å²) < 4.78 is 0. The number of aromatic carboxylic acids is 1. The Bertz CT molecular complexity index is 713. The van der Waals surface area contributed by atoms with E-state index >= 15 is 0 Å². The van der Waals surface area contributed by atoms with Gasteiger partial charge in [0.2, 0.25) is 0 Å². The highest BCUT2D eigenvalue weighted by molar-refractivity contribution is 5.87. The molecule has 0 aliphatic carbocycles. The average molecular weight is 325 g/mol. The van der Waals surface area contributed by atoms with Crippen LogP contribution in [-0.4, -0.2) is 34.4 Å². The van der Waals surface area contributed by atoms with Crippen LogP contribution in [0.15, 0.2) is 36.4 Å². The van der Waals surface area contributed by atoms with Gasteiger partial charge in [-0.15, -0.1) is 5.10 Å². The molecule has 0 radical (unpaired) electrons. The molecule has 0 spiro atoms. The lowest BCUT2D eigenvalue weighted by molar-refractivity contribution is 0.0696. The number of hydrogen-bond donors (Lipinski definition) is 1. The third kappa shape index (κ3) is 3.72. The van der Waals surface area contributed by atoms with Crippen LogP contribution in [0, 0.1) is 5.92 Å². The van der Waals surface area contributed by atoms with E-state index < -0.39 is 5.97 Å². The first-order valence-electron chi connectivity index (χ1n) is 8.43. The number of nitrogens with zero attached hydrogens (tertiary/aromatic N) is 3. The lowest BCUT2D eigenvalue weighted by atomic mass is 9.97. The molecule has 1 N–H and O–H groups in total. The highest BCUT2D eigenvalue weighted by Crippen LogP contribution is 2.25. The van der Waals surface area contributed by atoms with Crippen LogP contribution in [-0.2, 0) is 6.42 Å². The van der Waals surface area contributed by atoms with E-state index in [-0.39, 0.29) is 0 Å². The van der Waals surface area contributed by atoms with Gasteiger partial charge in [0, 0.05) is 13.1 Å². The molecule has 0 amide bonds. The summed E-state index contributed by atoms with van der Waals surface area (Å²) in [6, 6.07) is 11.3. The van der Waals surface area contributed by atoms with E-state index in [1.807, 2.05) is 12.1 Å². The maximum Gasteiger partial charge on any atom is 0.335 e. The van der Waals surface area contributed by atoms with Gasteiger partial charge in [-0.2, -0.15) is 5.10 Å². The molecule has 1 aliphatic heterocycles. The Labute approximate surface area is 142 Å². The molecular weight excluding hydrogens is 302 g/mol. The van der Waals surface area contributed by atoms with Gasteiger partial charge in [-0.25, -0.2) is 4.79 Å². The zero-order chi connectivity index (χ0) is 17.1. The molecule has 5 nitrogen and oxygen atoms in total. The summed E-state index contributed by atoms with van der Waals surface area (Å²) in [5.41, 5.74) is 2.46. The van der Waals surface area contributed by atoms with Crippen molar-refractivity contribution in [1.29, 1.82) is 0 Å². The van der Waals surface area contributed by atoms with Crippen molar-refractivity contribution < 1.29 is 9.90 Å². The lowest BCUT2D eigenvalue weighted by Crippen LogP contribution is -2.22.